The quantitative estimate of drug-likeness (QED) is 0.416. The number of halogens is 6. The Hall–Kier alpha value is -0.120. The van der Waals surface area contributed by atoms with Crippen molar-refractivity contribution in [2.24, 2.45) is 0 Å². The lowest BCUT2D eigenvalue weighted by atomic mass is 10.3. The van der Waals surface area contributed by atoms with Crippen LogP contribution in [0.4, 0.5) is 29.9 Å². The van der Waals surface area contributed by atoms with Gasteiger partial charge in [-0.05, 0) is 41.7 Å². The Labute approximate surface area is 152 Å². The average molecular weight is 430 g/mol. The molecule has 0 unspecified atom stereocenters. The van der Waals surface area contributed by atoms with Crippen LogP contribution in [0.3, 0.4) is 0 Å². The second-order valence-corrected chi connectivity index (χ2v) is 8.71. The Bertz CT molecular complexity index is 510. The van der Waals surface area contributed by atoms with Crippen LogP contribution in [0, 0.1) is 0 Å². The summed E-state index contributed by atoms with van der Waals surface area (Å²) < 4.78 is 25.3. The van der Waals surface area contributed by atoms with Crippen molar-refractivity contribution in [2.75, 3.05) is 10.2 Å². The number of rotatable bonds is 4. The van der Waals surface area contributed by atoms with Crippen molar-refractivity contribution in [3.63, 3.8) is 0 Å². The molecule has 1 aromatic carbocycles. The summed E-state index contributed by atoms with van der Waals surface area (Å²) in [6, 6.07) is 4.57. The lowest BCUT2D eigenvalue weighted by Gasteiger charge is -2.15. The van der Waals surface area contributed by atoms with Gasteiger partial charge in [0, 0.05) is 0 Å². The molecular weight excluding hydrogens is 424 g/mol. The van der Waals surface area contributed by atoms with Crippen LogP contribution in [0.15, 0.2) is 24.3 Å². The topological polar surface area (TPSA) is 40.6 Å². The molecular formula is C10H6Cl4F2N2O2S2. The highest BCUT2D eigenvalue weighted by atomic mass is 35.5. The zero-order valence-corrected chi connectivity index (χ0v) is 14.9. The average Bonchev–Trinajstić information content (AvgIpc) is 2.44. The van der Waals surface area contributed by atoms with Crippen LogP contribution in [0.1, 0.15) is 0 Å². The van der Waals surface area contributed by atoms with Crippen LogP contribution < -0.4 is 10.2 Å². The zero-order valence-electron chi connectivity index (χ0n) is 10.3. The molecule has 0 N–H and O–H groups in total. The molecule has 0 bridgehead atoms. The lowest BCUT2D eigenvalue weighted by Crippen LogP contribution is -2.20. The van der Waals surface area contributed by atoms with E-state index in [-0.39, 0.29) is 21.6 Å². The van der Waals surface area contributed by atoms with Gasteiger partial charge in [0.05, 0.1) is 11.4 Å². The van der Waals surface area contributed by atoms with E-state index >= 15 is 0 Å². The second-order valence-electron chi connectivity index (χ2n) is 3.37. The third-order valence-electron chi connectivity index (χ3n) is 1.98. The molecule has 0 aromatic heterocycles. The van der Waals surface area contributed by atoms with Gasteiger partial charge in [-0.3, -0.25) is 9.59 Å². The molecule has 2 amide bonds. The van der Waals surface area contributed by atoms with Gasteiger partial charge in [-0.2, -0.15) is 0 Å². The number of alkyl halides is 4. The summed E-state index contributed by atoms with van der Waals surface area (Å²) in [6.07, 6.45) is 0. The Kier molecular flexibility index (Phi) is 8.37. The van der Waals surface area contributed by atoms with Crippen molar-refractivity contribution in [3.05, 3.63) is 24.3 Å². The van der Waals surface area contributed by atoms with Crippen molar-refractivity contribution >= 4 is 91.8 Å². The highest BCUT2D eigenvalue weighted by Gasteiger charge is 2.23. The van der Waals surface area contributed by atoms with Crippen molar-refractivity contribution < 1.29 is 18.6 Å². The number of anilines is 2. The SMILES string of the molecule is O=C(SC(Cl)Cl)N(F)c1cccc(N(F)C(=O)SC(Cl)Cl)c1. The maximum absolute atomic E-state index is 13.8. The maximum Gasteiger partial charge on any atom is 0.316 e. The number of hydrogen-bond acceptors (Lipinski definition) is 4. The first-order chi connectivity index (χ1) is 10.2. The fraction of sp³-hybridized carbons (Fsp3) is 0.200. The molecule has 4 nitrogen and oxygen atoms in total. The first kappa shape index (κ1) is 19.9. The summed E-state index contributed by atoms with van der Waals surface area (Å²) in [5, 5.41) is -2.74. The van der Waals surface area contributed by atoms with Crippen LogP contribution in [-0.2, 0) is 0 Å². The number of nitrogens with zero attached hydrogens (tertiary/aromatic N) is 2. The Morgan fingerprint density at radius 1 is 0.909 bits per heavy atom. The first-order valence-corrected chi connectivity index (χ1v) is 8.72. The lowest BCUT2D eigenvalue weighted by molar-refractivity contribution is 0.254. The molecule has 0 radical (unpaired) electrons. The summed E-state index contributed by atoms with van der Waals surface area (Å²) in [7, 11) is 0. The predicted molar refractivity (Wildman–Crippen MR) is 90.6 cm³/mol. The molecule has 0 aliphatic carbocycles. The molecule has 1 aromatic rings. The third-order valence-corrected chi connectivity index (χ3v) is 4.13. The summed E-state index contributed by atoms with van der Waals surface area (Å²) in [5.74, 6) is 0. The van der Waals surface area contributed by atoms with Gasteiger partial charge in [-0.25, -0.2) is 0 Å². The van der Waals surface area contributed by atoms with Crippen LogP contribution in [-0.4, -0.2) is 18.8 Å². The number of benzene rings is 1. The van der Waals surface area contributed by atoms with E-state index in [0.717, 1.165) is 6.07 Å². The standard InChI is InChI=1S/C10H6Cl4F2N2O2S2/c11-7(12)21-9(19)17(15)5-2-1-3-6(4-5)18(16)10(20)22-8(13)14/h1-4,7-8H. The number of carbonyl (C=O) groups excluding carboxylic acids is 2. The van der Waals surface area contributed by atoms with E-state index in [1.54, 1.807) is 0 Å². The smallest absolute Gasteiger partial charge is 0.259 e. The van der Waals surface area contributed by atoms with E-state index in [1.807, 2.05) is 0 Å². The molecule has 122 valence electrons. The molecule has 0 aliphatic rings. The van der Waals surface area contributed by atoms with Gasteiger partial charge in [0.15, 0.2) is 8.34 Å². The van der Waals surface area contributed by atoms with Crippen LogP contribution in [0.25, 0.3) is 0 Å². The molecule has 0 saturated carbocycles. The van der Waals surface area contributed by atoms with Crippen molar-refractivity contribution in [1.82, 2.24) is 0 Å². The summed E-state index contributed by atoms with van der Waals surface area (Å²) in [4.78, 5) is 22.9. The minimum atomic E-state index is -1.16. The number of amides is 2. The molecule has 12 heteroatoms. The summed E-state index contributed by atoms with van der Waals surface area (Å²) in [5.41, 5.74) is -0.615. The van der Waals surface area contributed by atoms with E-state index in [9.17, 15) is 18.6 Å². The minimum absolute atomic E-state index is 0.275. The highest BCUT2D eigenvalue weighted by Crippen LogP contribution is 2.31. The first-order valence-electron chi connectivity index (χ1n) is 5.21. The second kappa shape index (κ2) is 9.24. The van der Waals surface area contributed by atoms with Crippen molar-refractivity contribution in [1.29, 1.82) is 0 Å². The van der Waals surface area contributed by atoms with Gasteiger partial charge in [-0.1, -0.05) is 61.4 Å². The number of hydrogen-bond donors (Lipinski definition) is 0. The molecule has 0 fully saturated rings. The third kappa shape index (κ3) is 6.17. The fourth-order valence-electron chi connectivity index (χ4n) is 1.19. The van der Waals surface area contributed by atoms with Crippen LogP contribution >= 0.6 is 69.9 Å². The molecule has 0 atom stereocenters. The van der Waals surface area contributed by atoms with Crippen LogP contribution in [0.5, 0.6) is 0 Å². The van der Waals surface area contributed by atoms with Gasteiger partial charge in [-0.15, -0.1) is 10.2 Å². The van der Waals surface area contributed by atoms with E-state index in [1.165, 1.54) is 18.2 Å². The molecule has 0 aliphatic heterocycles. The van der Waals surface area contributed by atoms with Gasteiger partial charge in [0.1, 0.15) is 0 Å². The molecule has 22 heavy (non-hydrogen) atoms. The van der Waals surface area contributed by atoms with Gasteiger partial charge >= 0.3 is 10.5 Å². The minimum Gasteiger partial charge on any atom is -0.259 e. The normalized spacial score (nSPS) is 10.9. The molecule has 0 saturated heterocycles. The number of thioether (sulfide) groups is 2. The predicted octanol–water partition coefficient (Wildman–Crippen LogP) is 6.30. The van der Waals surface area contributed by atoms with E-state index in [0.29, 0.717) is 23.5 Å². The molecule has 0 heterocycles. The largest absolute Gasteiger partial charge is 0.316 e. The fourth-order valence-corrected chi connectivity index (χ4v) is 2.81. The molecule has 1 rings (SSSR count). The number of carbonyl (C=O) groups is 2. The van der Waals surface area contributed by atoms with Gasteiger partial charge in [0.25, 0.3) is 0 Å². The Morgan fingerprint density at radius 3 is 1.59 bits per heavy atom. The van der Waals surface area contributed by atoms with Gasteiger partial charge in [0.2, 0.25) is 0 Å². The van der Waals surface area contributed by atoms with E-state index in [4.69, 9.17) is 46.4 Å². The van der Waals surface area contributed by atoms with Gasteiger partial charge < -0.3 is 0 Å². The maximum atomic E-state index is 13.8. The van der Waals surface area contributed by atoms with E-state index in [2.05, 4.69) is 0 Å². The van der Waals surface area contributed by atoms with Crippen molar-refractivity contribution in [3.8, 4) is 0 Å². The zero-order chi connectivity index (χ0) is 16.9. The molecule has 0 spiro atoms. The summed E-state index contributed by atoms with van der Waals surface area (Å²) in [6.45, 7) is 0. The van der Waals surface area contributed by atoms with Crippen molar-refractivity contribution in [2.45, 2.75) is 8.34 Å². The highest BCUT2D eigenvalue weighted by molar-refractivity contribution is 8.16. The summed E-state index contributed by atoms with van der Waals surface area (Å²) >= 11 is 22.0. The van der Waals surface area contributed by atoms with E-state index < -0.39 is 18.8 Å². The Morgan fingerprint density at radius 2 is 1.27 bits per heavy atom. The van der Waals surface area contributed by atoms with Crippen LogP contribution in [0.2, 0.25) is 0 Å². The monoisotopic (exact) mass is 428 g/mol. The Balaban J connectivity index is 2.89.